The van der Waals surface area contributed by atoms with Crippen LogP contribution in [0.25, 0.3) is 0 Å². The molecule has 1 unspecified atom stereocenters. The first-order valence-corrected chi connectivity index (χ1v) is 7.93. The summed E-state index contributed by atoms with van der Waals surface area (Å²) in [6, 6.07) is 7.79. The van der Waals surface area contributed by atoms with Gasteiger partial charge in [0.15, 0.2) is 0 Å². The molecule has 0 saturated carbocycles. The highest BCUT2D eigenvalue weighted by atomic mass is 16.5. The highest BCUT2D eigenvalue weighted by molar-refractivity contribution is 5.85. The minimum Gasteiger partial charge on any atom is -0.493 e. The first-order valence-electron chi connectivity index (χ1n) is 7.93. The van der Waals surface area contributed by atoms with Gasteiger partial charge in [-0.15, -0.1) is 0 Å². The fourth-order valence-corrected chi connectivity index (χ4v) is 3.27. The Bertz CT molecular complexity index is 573. The molecule has 2 heterocycles. The quantitative estimate of drug-likeness (QED) is 0.792. The van der Waals surface area contributed by atoms with Crippen molar-refractivity contribution in [2.75, 3.05) is 32.8 Å². The van der Waals surface area contributed by atoms with Gasteiger partial charge in [-0.3, -0.25) is 9.59 Å². The van der Waals surface area contributed by atoms with E-state index in [0.29, 0.717) is 19.7 Å². The molecule has 0 bridgehead atoms. The number of rotatable bonds is 1. The van der Waals surface area contributed by atoms with E-state index >= 15 is 0 Å². The molecular weight excluding hydrogens is 280 g/mol. The van der Waals surface area contributed by atoms with E-state index in [9.17, 15) is 9.59 Å². The first kappa shape index (κ1) is 14.9. The van der Waals surface area contributed by atoms with Crippen molar-refractivity contribution in [3.05, 3.63) is 29.8 Å². The summed E-state index contributed by atoms with van der Waals surface area (Å²) in [4.78, 5) is 28.1. The van der Waals surface area contributed by atoms with Gasteiger partial charge >= 0.3 is 0 Å². The number of para-hydroxylation sites is 1. The zero-order chi connectivity index (χ0) is 15.5. The van der Waals surface area contributed by atoms with Gasteiger partial charge in [-0.1, -0.05) is 18.2 Å². The van der Waals surface area contributed by atoms with Crippen molar-refractivity contribution in [1.82, 2.24) is 9.80 Å². The lowest BCUT2D eigenvalue weighted by Crippen LogP contribution is -2.40. The van der Waals surface area contributed by atoms with Crippen LogP contribution in [0.15, 0.2) is 24.3 Å². The summed E-state index contributed by atoms with van der Waals surface area (Å²) in [6.45, 7) is 4.89. The molecule has 1 fully saturated rings. The van der Waals surface area contributed by atoms with Crippen LogP contribution in [0.4, 0.5) is 0 Å². The maximum Gasteiger partial charge on any atom is 0.230 e. The Balaban J connectivity index is 1.73. The Morgan fingerprint density at radius 3 is 2.64 bits per heavy atom. The van der Waals surface area contributed by atoms with Crippen LogP contribution >= 0.6 is 0 Å². The van der Waals surface area contributed by atoms with Crippen LogP contribution in [-0.2, 0) is 9.59 Å². The second-order valence-electron chi connectivity index (χ2n) is 5.91. The predicted octanol–water partition coefficient (Wildman–Crippen LogP) is 1.63. The van der Waals surface area contributed by atoms with E-state index in [1.165, 1.54) is 0 Å². The molecular formula is C17H22N2O3. The Morgan fingerprint density at radius 1 is 1.09 bits per heavy atom. The standard InChI is InChI=1S/C17H22N2O3/c1-13(20)18-8-4-9-19(11-10-18)17(21)15-7-12-22-16-6-3-2-5-14(15)16/h2-3,5-6,15H,4,7-12H2,1H3. The molecule has 3 rings (SSSR count). The number of nitrogens with zero attached hydrogens (tertiary/aromatic N) is 2. The number of carbonyl (C=O) groups excluding carboxylic acids is 2. The lowest BCUT2D eigenvalue weighted by atomic mass is 9.91. The molecule has 0 aliphatic carbocycles. The van der Waals surface area contributed by atoms with Crippen LogP contribution < -0.4 is 4.74 Å². The monoisotopic (exact) mass is 302 g/mol. The third-order valence-corrected chi connectivity index (χ3v) is 4.51. The molecule has 2 aliphatic rings. The summed E-state index contributed by atoms with van der Waals surface area (Å²) in [5, 5.41) is 0. The topological polar surface area (TPSA) is 49.9 Å². The van der Waals surface area contributed by atoms with Gasteiger partial charge in [0, 0.05) is 38.7 Å². The average Bonchev–Trinajstić information content (AvgIpc) is 2.80. The molecule has 5 heteroatoms. The lowest BCUT2D eigenvalue weighted by molar-refractivity contribution is -0.134. The number of hydrogen-bond acceptors (Lipinski definition) is 3. The molecule has 22 heavy (non-hydrogen) atoms. The van der Waals surface area contributed by atoms with Gasteiger partial charge in [0.1, 0.15) is 5.75 Å². The van der Waals surface area contributed by atoms with Gasteiger partial charge in [0.05, 0.1) is 12.5 Å². The van der Waals surface area contributed by atoms with Crippen molar-refractivity contribution in [3.8, 4) is 5.75 Å². The fourth-order valence-electron chi connectivity index (χ4n) is 3.27. The van der Waals surface area contributed by atoms with Gasteiger partial charge in [0.25, 0.3) is 0 Å². The van der Waals surface area contributed by atoms with E-state index in [1.54, 1.807) is 6.92 Å². The minimum absolute atomic E-state index is 0.0886. The third kappa shape index (κ3) is 2.93. The lowest BCUT2D eigenvalue weighted by Gasteiger charge is -2.30. The summed E-state index contributed by atoms with van der Waals surface area (Å²) in [7, 11) is 0. The fraction of sp³-hybridized carbons (Fsp3) is 0.529. The van der Waals surface area contributed by atoms with Crippen molar-refractivity contribution in [3.63, 3.8) is 0 Å². The molecule has 2 amide bonds. The highest BCUT2D eigenvalue weighted by Crippen LogP contribution is 2.34. The smallest absolute Gasteiger partial charge is 0.230 e. The number of benzene rings is 1. The number of hydrogen-bond donors (Lipinski definition) is 0. The van der Waals surface area contributed by atoms with E-state index < -0.39 is 0 Å². The summed E-state index contributed by atoms with van der Waals surface area (Å²) < 4.78 is 5.64. The molecule has 1 aromatic rings. The van der Waals surface area contributed by atoms with E-state index in [2.05, 4.69) is 0 Å². The Morgan fingerprint density at radius 2 is 1.82 bits per heavy atom. The molecule has 5 nitrogen and oxygen atoms in total. The van der Waals surface area contributed by atoms with Crippen LogP contribution in [0.3, 0.4) is 0 Å². The van der Waals surface area contributed by atoms with E-state index in [1.807, 2.05) is 34.1 Å². The maximum atomic E-state index is 12.9. The van der Waals surface area contributed by atoms with Crippen LogP contribution in [0.2, 0.25) is 0 Å². The Labute approximate surface area is 130 Å². The van der Waals surface area contributed by atoms with Crippen molar-refractivity contribution in [1.29, 1.82) is 0 Å². The van der Waals surface area contributed by atoms with Gasteiger partial charge in [0.2, 0.25) is 11.8 Å². The van der Waals surface area contributed by atoms with Crippen molar-refractivity contribution < 1.29 is 14.3 Å². The third-order valence-electron chi connectivity index (χ3n) is 4.51. The summed E-state index contributed by atoms with van der Waals surface area (Å²) in [5.41, 5.74) is 0.992. The van der Waals surface area contributed by atoms with E-state index in [4.69, 9.17) is 4.74 Å². The molecule has 1 saturated heterocycles. The first-order chi connectivity index (χ1) is 10.7. The molecule has 2 aliphatic heterocycles. The SMILES string of the molecule is CC(=O)N1CCCN(C(=O)C2CCOc3ccccc32)CC1. The predicted molar refractivity (Wildman–Crippen MR) is 82.7 cm³/mol. The van der Waals surface area contributed by atoms with Gasteiger partial charge < -0.3 is 14.5 Å². The van der Waals surface area contributed by atoms with Crippen LogP contribution in [0, 0.1) is 0 Å². The summed E-state index contributed by atoms with van der Waals surface area (Å²) in [5.74, 6) is 0.966. The number of amides is 2. The Kier molecular flexibility index (Phi) is 4.32. The maximum absolute atomic E-state index is 12.9. The van der Waals surface area contributed by atoms with Crippen LogP contribution in [0.5, 0.6) is 5.75 Å². The number of ether oxygens (including phenoxy) is 1. The normalized spacial score (nSPS) is 21.6. The molecule has 0 N–H and O–H groups in total. The average molecular weight is 302 g/mol. The number of fused-ring (bicyclic) bond motifs is 1. The van der Waals surface area contributed by atoms with Crippen molar-refractivity contribution >= 4 is 11.8 Å². The van der Waals surface area contributed by atoms with E-state index in [0.717, 1.165) is 37.2 Å². The van der Waals surface area contributed by atoms with Crippen LogP contribution in [0.1, 0.15) is 31.2 Å². The molecule has 1 atom stereocenters. The van der Waals surface area contributed by atoms with Gasteiger partial charge in [-0.05, 0) is 18.9 Å². The molecule has 118 valence electrons. The second-order valence-corrected chi connectivity index (χ2v) is 5.91. The minimum atomic E-state index is -0.117. The zero-order valence-corrected chi connectivity index (χ0v) is 13.0. The molecule has 1 aromatic carbocycles. The number of carbonyl (C=O) groups is 2. The summed E-state index contributed by atoms with van der Waals surface area (Å²) in [6.07, 6.45) is 1.57. The van der Waals surface area contributed by atoms with Crippen LogP contribution in [-0.4, -0.2) is 54.4 Å². The molecule has 0 aromatic heterocycles. The largest absolute Gasteiger partial charge is 0.493 e. The van der Waals surface area contributed by atoms with Gasteiger partial charge in [-0.2, -0.15) is 0 Å². The van der Waals surface area contributed by atoms with Crippen molar-refractivity contribution in [2.24, 2.45) is 0 Å². The van der Waals surface area contributed by atoms with Crippen molar-refractivity contribution in [2.45, 2.75) is 25.7 Å². The molecule has 0 spiro atoms. The zero-order valence-electron chi connectivity index (χ0n) is 13.0. The Hall–Kier alpha value is -2.04. The summed E-state index contributed by atoms with van der Waals surface area (Å²) >= 11 is 0. The highest BCUT2D eigenvalue weighted by Gasteiger charge is 2.31. The van der Waals surface area contributed by atoms with E-state index in [-0.39, 0.29) is 17.7 Å². The second kappa shape index (κ2) is 6.38. The molecule has 0 radical (unpaired) electrons. The van der Waals surface area contributed by atoms with Gasteiger partial charge in [-0.25, -0.2) is 0 Å².